The highest BCUT2D eigenvalue weighted by atomic mass is 16.4. The minimum atomic E-state index is -1.84. The monoisotopic (exact) mass is 715 g/mol. The summed E-state index contributed by atoms with van der Waals surface area (Å²) in [6.45, 7) is 8.05. The smallest absolute Gasteiger partial charge is 0.254 e. The summed E-state index contributed by atoms with van der Waals surface area (Å²) in [7, 11) is 0. The first-order valence-corrected chi connectivity index (χ1v) is 17.2. The molecular weight excluding hydrogens is 656 g/mol. The summed E-state index contributed by atoms with van der Waals surface area (Å²) in [6, 6.07) is 4.75. The molecule has 2 amide bonds. The van der Waals surface area contributed by atoms with Gasteiger partial charge in [0.05, 0.1) is 44.6 Å². The van der Waals surface area contributed by atoms with Crippen LogP contribution in [0, 0.1) is 12.8 Å². The number of rotatable bonds is 24. The Morgan fingerprint density at radius 1 is 0.900 bits per heavy atom. The minimum Gasteiger partial charge on any atom is -0.394 e. The van der Waals surface area contributed by atoms with E-state index in [1.54, 1.807) is 17.9 Å². The molecule has 17 heteroatoms. The molecule has 0 aliphatic carbocycles. The maximum atomic E-state index is 13.0. The second-order valence-corrected chi connectivity index (χ2v) is 12.8. The van der Waals surface area contributed by atoms with Gasteiger partial charge in [-0.05, 0) is 57.8 Å². The summed E-state index contributed by atoms with van der Waals surface area (Å²) in [5.74, 6) is -0.529. The van der Waals surface area contributed by atoms with E-state index in [0.29, 0.717) is 12.0 Å². The third-order valence-electron chi connectivity index (χ3n) is 9.17. The number of aryl methyl sites for hydroxylation is 2. The number of nitrogens with zero attached hydrogens (tertiary/aromatic N) is 3. The van der Waals surface area contributed by atoms with Gasteiger partial charge in [0, 0.05) is 38.2 Å². The first-order valence-electron chi connectivity index (χ1n) is 17.2. The number of aliphatic hydroxyl groups is 9. The van der Waals surface area contributed by atoms with E-state index in [4.69, 9.17) is 15.9 Å². The third-order valence-corrected chi connectivity index (χ3v) is 9.17. The lowest BCUT2D eigenvalue weighted by molar-refractivity contribution is -0.674. The van der Waals surface area contributed by atoms with E-state index in [9.17, 15) is 45.3 Å². The van der Waals surface area contributed by atoms with Crippen molar-refractivity contribution in [3.8, 4) is 0 Å². The maximum absolute atomic E-state index is 13.0. The van der Waals surface area contributed by atoms with E-state index in [2.05, 4.69) is 26.7 Å². The molecule has 9 atom stereocenters. The second-order valence-electron chi connectivity index (χ2n) is 12.8. The van der Waals surface area contributed by atoms with Crippen molar-refractivity contribution in [3.05, 3.63) is 29.6 Å². The fourth-order valence-corrected chi connectivity index (χ4v) is 6.14. The Labute approximate surface area is 292 Å². The van der Waals surface area contributed by atoms with Crippen LogP contribution in [0.5, 0.6) is 0 Å². The molecule has 0 aliphatic heterocycles. The lowest BCUT2D eigenvalue weighted by Gasteiger charge is -2.34. The lowest BCUT2D eigenvalue weighted by atomic mass is 9.95. The number of primary amides is 1. The molecule has 50 heavy (non-hydrogen) atoms. The minimum absolute atomic E-state index is 0.0247. The highest BCUT2D eigenvalue weighted by Gasteiger charge is 2.33. The van der Waals surface area contributed by atoms with Crippen LogP contribution in [0.15, 0.2) is 18.2 Å². The Kier molecular flexibility index (Phi) is 18.1. The van der Waals surface area contributed by atoms with Crippen molar-refractivity contribution in [1.29, 1.82) is 0 Å². The topological polar surface area (TPSA) is 278 Å². The molecule has 0 aliphatic rings. The first kappa shape index (κ1) is 43.4. The quantitative estimate of drug-likeness (QED) is 0.0363. The van der Waals surface area contributed by atoms with Crippen LogP contribution in [-0.2, 0) is 17.9 Å². The normalized spacial score (nSPS) is 17.6. The highest BCUT2D eigenvalue weighted by molar-refractivity contribution is 5.97. The number of nitrogens with one attached hydrogen (secondary N) is 2. The van der Waals surface area contributed by atoms with Crippen LogP contribution in [0.4, 0.5) is 0 Å². The van der Waals surface area contributed by atoms with Crippen LogP contribution >= 0.6 is 0 Å². The van der Waals surface area contributed by atoms with Gasteiger partial charge in [-0.2, -0.15) is 0 Å². The van der Waals surface area contributed by atoms with Gasteiger partial charge < -0.3 is 67.2 Å². The van der Waals surface area contributed by atoms with Crippen LogP contribution in [0.2, 0.25) is 0 Å². The standard InChI is InChI=1S/C33H58N6O11/c1-5-38-20(4)39(6-2)24-14-21(8-9-23(24)38)33(50)36-12-10-22(32(34)49)35-11-7-13-37(15-19(3)28(45)30(47)26(43)17-40)16-25(42)29(46)31(48)27(44)18-41/h8-9,14,19,22,25-31,35,40-48H,5-7,10-13,15-18H2,1-4H3,(H2-,34,36,49,50)/p+1/t19-,22-,25-,26+,27+,28+,29+,30+,31+/m0/s1. The molecule has 0 radical (unpaired) electrons. The number of benzene rings is 1. The molecule has 0 unspecified atom stereocenters. The Bertz CT molecular complexity index is 1320. The Morgan fingerprint density at radius 3 is 2.06 bits per heavy atom. The van der Waals surface area contributed by atoms with E-state index in [0.717, 1.165) is 29.9 Å². The van der Waals surface area contributed by atoms with E-state index in [-0.39, 0.29) is 45.1 Å². The van der Waals surface area contributed by atoms with Gasteiger partial charge in [-0.3, -0.25) is 9.59 Å². The van der Waals surface area contributed by atoms with Gasteiger partial charge in [0.15, 0.2) is 11.0 Å². The summed E-state index contributed by atoms with van der Waals surface area (Å²) < 4.78 is 4.33. The summed E-state index contributed by atoms with van der Waals surface area (Å²) in [4.78, 5) is 26.8. The molecule has 0 spiro atoms. The van der Waals surface area contributed by atoms with Gasteiger partial charge in [0.2, 0.25) is 5.91 Å². The predicted molar refractivity (Wildman–Crippen MR) is 183 cm³/mol. The fraction of sp³-hybridized carbons (Fsp3) is 0.727. The van der Waals surface area contributed by atoms with Gasteiger partial charge in [0.25, 0.3) is 11.7 Å². The Hall–Kier alpha value is -2.81. The Morgan fingerprint density at radius 2 is 1.50 bits per heavy atom. The van der Waals surface area contributed by atoms with Crippen molar-refractivity contribution >= 4 is 22.8 Å². The maximum Gasteiger partial charge on any atom is 0.254 e. The number of carbonyl (C=O) groups excluding carboxylic acids is 2. The van der Waals surface area contributed by atoms with Gasteiger partial charge in [-0.1, -0.05) is 6.92 Å². The number of carbonyl (C=O) groups is 2. The van der Waals surface area contributed by atoms with Crippen molar-refractivity contribution in [2.75, 3.05) is 45.9 Å². The summed E-state index contributed by atoms with van der Waals surface area (Å²) >= 11 is 0. The van der Waals surface area contributed by atoms with E-state index in [1.165, 1.54) is 0 Å². The number of imidazole rings is 1. The number of aromatic nitrogens is 2. The SMILES string of the molecule is CCn1c(C)[n+](CC)c2ccc(C(=O)NCC[C@H](NCCCN(C[C@H](C)[C@@H](O)[C@H](O)[C@H](O)CO)C[C@H](O)[C@@H](O)[C@H](O)[C@H](O)CO)C(N)=O)cc21. The average Bonchev–Trinajstić information content (AvgIpc) is 3.38. The second kappa shape index (κ2) is 20.9. The zero-order valence-electron chi connectivity index (χ0n) is 29.5. The number of amides is 2. The van der Waals surface area contributed by atoms with Crippen molar-refractivity contribution in [2.24, 2.45) is 11.7 Å². The highest BCUT2D eigenvalue weighted by Crippen LogP contribution is 2.18. The zero-order valence-corrected chi connectivity index (χ0v) is 29.5. The van der Waals surface area contributed by atoms with E-state index in [1.807, 2.05) is 26.0 Å². The van der Waals surface area contributed by atoms with Gasteiger partial charge >= 0.3 is 0 Å². The predicted octanol–water partition coefficient (Wildman–Crippen LogP) is -4.32. The third kappa shape index (κ3) is 11.6. The van der Waals surface area contributed by atoms with E-state index >= 15 is 0 Å². The molecule has 0 saturated carbocycles. The molecule has 1 aromatic heterocycles. The van der Waals surface area contributed by atoms with Crippen LogP contribution in [0.1, 0.15) is 49.8 Å². The Balaban J connectivity index is 2.00. The number of hydrogen-bond acceptors (Lipinski definition) is 13. The van der Waals surface area contributed by atoms with Crippen molar-refractivity contribution in [2.45, 2.75) is 102 Å². The van der Waals surface area contributed by atoms with Crippen LogP contribution in [0.25, 0.3) is 11.0 Å². The summed E-state index contributed by atoms with van der Waals surface area (Å²) in [6.07, 6.45) is -11.1. The van der Waals surface area contributed by atoms with Crippen LogP contribution < -0.4 is 20.9 Å². The zero-order chi connectivity index (χ0) is 37.7. The molecule has 0 saturated heterocycles. The number of hydrogen-bond donors (Lipinski definition) is 12. The molecule has 2 aromatic rings. The summed E-state index contributed by atoms with van der Waals surface area (Å²) in [5, 5.41) is 95.1. The number of nitrogens with two attached hydrogens (primary N) is 1. The number of aliphatic hydroxyl groups excluding tert-OH is 9. The molecule has 1 aromatic carbocycles. The molecule has 2 rings (SSSR count). The van der Waals surface area contributed by atoms with Crippen molar-refractivity contribution < 1.29 is 60.1 Å². The largest absolute Gasteiger partial charge is 0.394 e. The van der Waals surface area contributed by atoms with Crippen LogP contribution in [0.3, 0.4) is 0 Å². The van der Waals surface area contributed by atoms with Crippen molar-refractivity contribution in [3.63, 3.8) is 0 Å². The number of fused-ring (bicyclic) bond motifs is 1. The molecule has 17 nitrogen and oxygen atoms in total. The molecule has 13 N–H and O–H groups in total. The average molecular weight is 716 g/mol. The molecular formula is C33H59N6O11+. The summed E-state index contributed by atoms with van der Waals surface area (Å²) in [5.41, 5.74) is 8.09. The first-order chi connectivity index (χ1) is 23.6. The molecule has 0 bridgehead atoms. The van der Waals surface area contributed by atoms with Gasteiger partial charge in [-0.25, -0.2) is 9.13 Å². The van der Waals surface area contributed by atoms with Crippen LogP contribution in [-0.4, -0.2) is 162 Å². The fourth-order valence-electron chi connectivity index (χ4n) is 6.14. The van der Waals surface area contributed by atoms with E-state index < -0.39 is 73.8 Å². The molecule has 286 valence electrons. The van der Waals surface area contributed by atoms with Crippen molar-refractivity contribution in [1.82, 2.24) is 20.1 Å². The van der Waals surface area contributed by atoms with Gasteiger partial charge in [-0.15, -0.1) is 0 Å². The molecule has 0 fully saturated rings. The van der Waals surface area contributed by atoms with Gasteiger partial charge in [0.1, 0.15) is 30.5 Å². The lowest BCUT2D eigenvalue weighted by Crippen LogP contribution is -2.51. The molecule has 1 heterocycles.